The second-order valence-electron chi connectivity index (χ2n) is 10.3. The average molecular weight is 532 g/mol. The van der Waals surface area contributed by atoms with E-state index in [0.717, 1.165) is 32.1 Å². The molecule has 0 saturated carbocycles. The summed E-state index contributed by atoms with van der Waals surface area (Å²) in [6.45, 7) is 0.985. The van der Waals surface area contributed by atoms with Gasteiger partial charge in [-0.1, -0.05) is 0 Å². The highest BCUT2D eigenvalue weighted by molar-refractivity contribution is 7.84. The number of aliphatic hydroxyl groups excluding tert-OH is 1. The van der Waals surface area contributed by atoms with Gasteiger partial charge >= 0.3 is 0 Å². The topological polar surface area (TPSA) is 147 Å². The first-order chi connectivity index (χ1) is 17.9. The van der Waals surface area contributed by atoms with Gasteiger partial charge in [-0.3, -0.25) is 10.00 Å². The molecular weight excluding hydrogens is 501 g/mol. The van der Waals surface area contributed by atoms with Crippen molar-refractivity contribution in [1.29, 1.82) is 5.26 Å². The van der Waals surface area contributed by atoms with E-state index in [1.165, 1.54) is 7.11 Å². The molecule has 5 atom stereocenters. The molecule has 6 heterocycles. The number of hydrogen-bond donors (Lipinski definition) is 3. The zero-order valence-electron chi connectivity index (χ0n) is 20.7. The maximum Gasteiger partial charge on any atom is 0.257 e. The van der Waals surface area contributed by atoms with Crippen molar-refractivity contribution in [2.24, 2.45) is 5.92 Å². The van der Waals surface area contributed by atoms with Crippen molar-refractivity contribution in [3.63, 3.8) is 0 Å². The van der Waals surface area contributed by atoms with Gasteiger partial charge in [-0.25, -0.2) is 8.51 Å². The highest BCUT2D eigenvalue weighted by Gasteiger charge is 2.65. The Balaban J connectivity index is 1.19. The number of aromatic amines is 1. The maximum atomic E-state index is 15.3. The first kappa shape index (κ1) is 24.5. The summed E-state index contributed by atoms with van der Waals surface area (Å²) in [5.74, 6) is -0.140. The number of nitrogens with one attached hydrogen (secondary N) is 2. The second-order valence-corrected chi connectivity index (χ2v) is 12.1. The van der Waals surface area contributed by atoms with E-state index in [-0.39, 0.29) is 53.2 Å². The van der Waals surface area contributed by atoms with Gasteiger partial charge in [0.15, 0.2) is 11.6 Å². The fraction of sp³-hybridized carbons (Fsp3) is 0.652. The number of aliphatic hydroxyl groups is 1. The van der Waals surface area contributed by atoms with Crippen LogP contribution in [0.1, 0.15) is 37.8 Å². The van der Waals surface area contributed by atoms with Crippen molar-refractivity contribution in [3.05, 3.63) is 17.6 Å². The van der Waals surface area contributed by atoms with Crippen LogP contribution in [0.25, 0.3) is 0 Å². The summed E-state index contributed by atoms with van der Waals surface area (Å²) < 4.78 is 35.9. The van der Waals surface area contributed by atoms with Gasteiger partial charge in [-0.05, 0) is 32.1 Å². The Bertz CT molecular complexity index is 1260. The molecule has 0 spiro atoms. The van der Waals surface area contributed by atoms with Crippen molar-refractivity contribution in [2.75, 3.05) is 37.5 Å². The third kappa shape index (κ3) is 3.87. The summed E-state index contributed by atoms with van der Waals surface area (Å²) >= 11 is 0. The van der Waals surface area contributed by atoms with Crippen LogP contribution < -0.4 is 15.0 Å². The molecule has 37 heavy (non-hydrogen) atoms. The molecule has 0 aliphatic carbocycles. The molecule has 4 aliphatic heterocycles. The van der Waals surface area contributed by atoms with E-state index in [9.17, 15) is 9.32 Å². The smallest absolute Gasteiger partial charge is 0.257 e. The molecule has 198 valence electrons. The van der Waals surface area contributed by atoms with Crippen LogP contribution in [0.5, 0.6) is 5.88 Å². The van der Waals surface area contributed by atoms with E-state index in [2.05, 4.69) is 36.5 Å². The van der Waals surface area contributed by atoms with Crippen molar-refractivity contribution < 1.29 is 18.4 Å². The number of piperidine rings is 1. The molecule has 0 amide bonds. The Morgan fingerprint density at radius 3 is 2.89 bits per heavy atom. The minimum atomic E-state index is -1.12. The van der Waals surface area contributed by atoms with Gasteiger partial charge in [-0.2, -0.15) is 24.7 Å². The van der Waals surface area contributed by atoms with Crippen LogP contribution >= 0.6 is 0 Å². The minimum absolute atomic E-state index is 0.0169. The Morgan fingerprint density at radius 2 is 2.19 bits per heavy atom. The lowest BCUT2D eigenvalue weighted by Gasteiger charge is -2.61. The lowest BCUT2D eigenvalue weighted by atomic mass is 9.82. The second kappa shape index (κ2) is 9.16. The van der Waals surface area contributed by atoms with Crippen LogP contribution in [0, 0.1) is 23.1 Å². The lowest BCUT2D eigenvalue weighted by molar-refractivity contribution is -0.0468. The zero-order valence-corrected chi connectivity index (χ0v) is 21.5. The number of hydrogen-bond acceptors (Lipinski definition) is 10. The number of ether oxygens (including phenoxy) is 1. The number of aromatic nitrogens is 4. The zero-order chi connectivity index (χ0) is 25.9. The quantitative estimate of drug-likeness (QED) is 0.455. The number of methoxy groups -OCH3 is 1. The summed E-state index contributed by atoms with van der Waals surface area (Å²) in [6, 6.07) is 4.50. The van der Waals surface area contributed by atoms with E-state index < -0.39 is 16.8 Å². The summed E-state index contributed by atoms with van der Waals surface area (Å²) in [7, 11) is 2.09. The van der Waals surface area contributed by atoms with Gasteiger partial charge < -0.3 is 20.1 Å². The highest BCUT2D eigenvalue weighted by Crippen LogP contribution is 2.56. The Kier molecular flexibility index (Phi) is 6.06. The van der Waals surface area contributed by atoms with Crippen molar-refractivity contribution in [2.45, 2.75) is 61.7 Å². The van der Waals surface area contributed by atoms with Crippen molar-refractivity contribution >= 4 is 28.6 Å². The minimum Gasteiger partial charge on any atom is -0.479 e. The van der Waals surface area contributed by atoms with Crippen molar-refractivity contribution in [3.8, 4) is 11.9 Å². The number of rotatable bonds is 8. The van der Waals surface area contributed by atoms with Crippen LogP contribution in [0.2, 0.25) is 0 Å². The van der Waals surface area contributed by atoms with Crippen molar-refractivity contribution in [1.82, 2.24) is 29.4 Å². The molecule has 0 aromatic carbocycles. The molecule has 4 fully saturated rings. The van der Waals surface area contributed by atoms with E-state index in [1.807, 2.05) is 16.3 Å². The Labute approximate surface area is 216 Å². The van der Waals surface area contributed by atoms with Crippen LogP contribution in [0.4, 0.5) is 22.0 Å². The maximum absolute atomic E-state index is 15.3. The average Bonchev–Trinajstić information content (AvgIpc) is 3.45. The molecular formula is C23H30FN9O3S. The van der Waals surface area contributed by atoms with E-state index in [1.54, 1.807) is 6.07 Å². The van der Waals surface area contributed by atoms with E-state index in [0.29, 0.717) is 24.6 Å². The number of nitrogens with zero attached hydrogens (tertiary/aromatic N) is 7. The third-order valence-corrected chi connectivity index (χ3v) is 10.3. The molecule has 4 saturated heterocycles. The number of nitriles is 1. The molecule has 14 heteroatoms. The Hall–Kier alpha value is -2.86. The molecule has 2 aromatic rings. The number of halogens is 1. The van der Waals surface area contributed by atoms with Crippen LogP contribution in [0.3, 0.4) is 0 Å². The number of anilines is 3. The van der Waals surface area contributed by atoms with Crippen LogP contribution in [0.15, 0.2) is 6.07 Å². The Morgan fingerprint density at radius 1 is 1.41 bits per heavy atom. The van der Waals surface area contributed by atoms with Gasteiger partial charge in [0.1, 0.15) is 15.9 Å². The van der Waals surface area contributed by atoms with E-state index >= 15 is 4.39 Å². The normalized spacial score (nSPS) is 30.1. The summed E-state index contributed by atoms with van der Waals surface area (Å²) in [6.07, 6.45) is 4.33. The summed E-state index contributed by atoms with van der Waals surface area (Å²) in [4.78, 5) is 12.6. The first-order valence-corrected chi connectivity index (χ1v) is 13.6. The molecule has 4 aliphatic rings. The molecule has 5 unspecified atom stereocenters. The van der Waals surface area contributed by atoms with E-state index in [4.69, 9.17) is 10.00 Å². The summed E-state index contributed by atoms with van der Waals surface area (Å²) in [5, 5.41) is 28.0. The fourth-order valence-corrected chi connectivity index (χ4v) is 8.65. The third-order valence-electron chi connectivity index (χ3n) is 8.28. The van der Waals surface area contributed by atoms with Crippen LogP contribution in [-0.2, 0) is 17.6 Å². The largest absolute Gasteiger partial charge is 0.479 e. The highest BCUT2D eigenvalue weighted by atomic mass is 32.2. The van der Waals surface area contributed by atoms with Gasteiger partial charge in [-0.15, -0.1) is 0 Å². The molecule has 6 rings (SSSR count). The lowest BCUT2D eigenvalue weighted by Crippen LogP contribution is -2.73. The summed E-state index contributed by atoms with van der Waals surface area (Å²) in [5.41, 5.74) is 0.522. The SMILES string of the molecule is COc1nc(Nc2cc(CO)[nH]n2)nc(N(C)C2CC3CCC4(S(=O)N5CC(C#N)C5)CC(C2)N34)c1F. The molecule has 3 N–H and O–H groups in total. The predicted molar refractivity (Wildman–Crippen MR) is 133 cm³/mol. The van der Waals surface area contributed by atoms with Gasteiger partial charge in [0.2, 0.25) is 11.8 Å². The predicted octanol–water partition coefficient (Wildman–Crippen LogP) is 1.23. The molecule has 12 nitrogen and oxygen atoms in total. The van der Waals surface area contributed by atoms with Crippen LogP contribution in [-0.4, -0.2) is 88.9 Å². The van der Waals surface area contributed by atoms with Gasteiger partial charge in [0, 0.05) is 44.3 Å². The molecule has 2 aromatic heterocycles. The first-order valence-electron chi connectivity index (χ1n) is 12.5. The van der Waals surface area contributed by atoms with Gasteiger partial charge in [0.05, 0.1) is 31.4 Å². The number of H-pyrrole nitrogens is 1. The van der Waals surface area contributed by atoms with Gasteiger partial charge in [0.25, 0.3) is 5.88 Å². The fourth-order valence-electron chi connectivity index (χ4n) is 6.43. The molecule has 0 bridgehead atoms. The molecule has 0 radical (unpaired) electrons. The monoisotopic (exact) mass is 531 g/mol. The standard InChI is InChI=1S/C23H30FN9O3S/c1-31(20-19(24)21(36-2)28-22(27-20)26-18-5-14(12-34)29-30-18)16-6-15-3-4-23(8-17(7-16)33(15)23)37(35)32-10-13(9-25)11-32/h5,13,15-17,34H,3-4,6-8,10-12H2,1-2H3,(H2,26,27,28,29,30).